The van der Waals surface area contributed by atoms with E-state index < -0.39 is 5.66 Å². The van der Waals surface area contributed by atoms with Crippen LogP contribution in [0.15, 0.2) is 24.3 Å². The van der Waals surface area contributed by atoms with Gasteiger partial charge in [0.1, 0.15) is 15.4 Å². The maximum absolute atomic E-state index is 13.1. The Morgan fingerprint density at radius 3 is 2.50 bits per heavy atom. The molecule has 0 atom stereocenters. The molecule has 1 saturated carbocycles. The molecule has 154 valence electrons. The van der Waals surface area contributed by atoms with E-state index in [1.54, 1.807) is 6.92 Å². The molecule has 2 aromatic heterocycles. The fraction of sp³-hybridized carbons (Fsp3) is 0.348. The normalized spacial score (nSPS) is 17.5. The first-order valence-corrected chi connectivity index (χ1v) is 11.4. The number of Topliss-reactive ketones (excluding diaryl/α,β-unsaturated/α-hetero) is 1. The summed E-state index contributed by atoms with van der Waals surface area (Å²) in [6.07, 6.45) is 5.12. The van der Waals surface area contributed by atoms with Crippen LogP contribution in [0.4, 0.5) is 5.69 Å². The zero-order valence-electron chi connectivity index (χ0n) is 16.9. The van der Waals surface area contributed by atoms with Gasteiger partial charge in [0.25, 0.3) is 5.91 Å². The Balaban J connectivity index is 1.83. The molecule has 7 heteroatoms. The highest BCUT2D eigenvalue weighted by Gasteiger charge is 2.41. The van der Waals surface area contributed by atoms with Crippen molar-refractivity contribution in [3.63, 3.8) is 0 Å². The van der Waals surface area contributed by atoms with Crippen molar-refractivity contribution in [2.75, 3.05) is 5.32 Å². The Kier molecular flexibility index (Phi) is 4.60. The number of hydrogen-bond donors (Lipinski definition) is 2. The van der Waals surface area contributed by atoms with E-state index in [1.807, 2.05) is 31.2 Å². The number of benzene rings is 1. The number of halogens is 1. The number of fused-ring (bicyclic) bond motifs is 3. The minimum atomic E-state index is -0.422. The highest BCUT2D eigenvalue weighted by atomic mass is 35.5. The Morgan fingerprint density at radius 1 is 1.13 bits per heavy atom. The van der Waals surface area contributed by atoms with E-state index in [1.165, 1.54) is 17.8 Å². The third-order valence-electron chi connectivity index (χ3n) is 6.14. The molecule has 3 heterocycles. The monoisotopic (exact) mass is 439 g/mol. The summed E-state index contributed by atoms with van der Waals surface area (Å²) >= 11 is 7.50. The van der Waals surface area contributed by atoms with Crippen molar-refractivity contribution in [1.82, 2.24) is 10.3 Å². The number of pyridine rings is 1. The van der Waals surface area contributed by atoms with Gasteiger partial charge in [-0.3, -0.25) is 9.59 Å². The molecule has 2 aliphatic rings. The van der Waals surface area contributed by atoms with Crippen LogP contribution in [0.1, 0.15) is 64.8 Å². The van der Waals surface area contributed by atoms with Crippen LogP contribution in [-0.2, 0) is 0 Å². The average Bonchev–Trinajstić information content (AvgIpc) is 3.06. The van der Waals surface area contributed by atoms with Crippen LogP contribution in [0.2, 0.25) is 5.02 Å². The zero-order valence-corrected chi connectivity index (χ0v) is 18.5. The van der Waals surface area contributed by atoms with Gasteiger partial charge in [-0.05, 0) is 57.2 Å². The molecule has 0 radical (unpaired) electrons. The van der Waals surface area contributed by atoms with E-state index in [0.717, 1.165) is 52.7 Å². The van der Waals surface area contributed by atoms with Gasteiger partial charge in [0.2, 0.25) is 0 Å². The maximum Gasteiger partial charge on any atom is 0.265 e. The maximum atomic E-state index is 13.1. The molecule has 2 N–H and O–H groups in total. The minimum absolute atomic E-state index is 0.0422. The van der Waals surface area contributed by atoms with Gasteiger partial charge in [-0.25, -0.2) is 4.98 Å². The minimum Gasteiger partial charge on any atom is -0.361 e. The molecular weight excluding hydrogens is 418 g/mol. The van der Waals surface area contributed by atoms with Crippen molar-refractivity contribution in [1.29, 1.82) is 0 Å². The van der Waals surface area contributed by atoms with Crippen molar-refractivity contribution in [2.45, 2.75) is 51.6 Å². The number of rotatable bonds is 2. The van der Waals surface area contributed by atoms with Crippen molar-refractivity contribution in [3.8, 4) is 11.1 Å². The molecule has 1 spiro atoms. The molecule has 1 aliphatic heterocycles. The number of aryl methyl sites for hydroxylation is 1. The summed E-state index contributed by atoms with van der Waals surface area (Å²) in [4.78, 5) is 31.9. The van der Waals surface area contributed by atoms with Crippen LogP contribution in [-0.4, -0.2) is 22.3 Å². The number of amides is 1. The summed E-state index contributed by atoms with van der Waals surface area (Å²) in [6.45, 7) is 3.42. The number of carbonyl (C=O) groups is 2. The molecule has 3 aromatic rings. The highest BCUT2D eigenvalue weighted by Crippen LogP contribution is 2.47. The molecule has 5 rings (SSSR count). The summed E-state index contributed by atoms with van der Waals surface area (Å²) in [5, 5.41) is 8.38. The number of hydrogen-bond acceptors (Lipinski definition) is 5. The van der Waals surface area contributed by atoms with Gasteiger partial charge in [-0.1, -0.05) is 30.2 Å². The predicted molar refractivity (Wildman–Crippen MR) is 122 cm³/mol. The predicted octanol–water partition coefficient (Wildman–Crippen LogP) is 5.94. The number of carbonyl (C=O) groups excluding carboxylic acids is 2. The molecular formula is C23H22ClN3O2S. The number of nitrogens with one attached hydrogen (secondary N) is 2. The molecule has 1 aliphatic carbocycles. The topological polar surface area (TPSA) is 71.1 Å². The molecule has 30 heavy (non-hydrogen) atoms. The number of thiophene rings is 1. The van der Waals surface area contributed by atoms with Crippen LogP contribution in [0.3, 0.4) is 0 Å². The highest BCUT2D eigenvalue weighted by molar-refractivity contribution is 7.21. The molecule has 0 saturated heterocycles. The van der Waals surface area contributed by atoms with E-state index in [2.05, 4.69) is 10.6 Å². The number of aromatic nitrogens is 1. The molecule has 5 nitrogen and oxygen atoms in total. The average molecular weight is 440 g/mol. The SMILES string of the molecule is CC(=O)c1c(C)nc2sc3c(c2c1-c1ccc(Cl)cc1)NC1(CCCCC1)NC3=O. The molecule has 1 amide bonds. The molecule has 1 aromatic carbocycles. The first-order valence-electron chi connectivity index (χ1n) is 10.2. The van der Waals surface area contributed by atoms with Crippen LogP contribution in [0, 0.1) is 6.92 Å². The van der Waals surface area contributed by atoms with Crippen LogP contribution in [0.5, 0.6) is 0 Å². The standard InChI is InChI=1S/C23H22ClN3O2S/c1-12-16(13(2)28)17(14-6-8-15(24)9-7-14)18-19-20(30-22(18)25-12)21(29)27-23(26-19)10-4-3-5-11-23/h6-9,26H,3-5,10-11H2,1-2H3,(H,27,29). The van der Waals surface area contributed by atoms with Crippen molar-refractivity contribution < 1.29 is 9.59 Å². The van der Waals surface area contributed by atoms with Crippen molar-refractivity contribution in [3.05, 3.63) is 45.4 Å². The molecule has 1 fully saturated rings. The molecule has 0 unspecified atom stereocenters. The van der Waals surface area contributed by atoms with Crippen LogP contribution >= 0.6 is 22.9 Å². The number of nitrogens with zero attached hydrogens (tertiary/aromatic N) is 1. The first-order chi connectivity index (χ1) is 14.4. The number of ketones is 1. The quantitative estimate of drug-likeness (QED) is 0.484. The zero-order chi connectivity index (χ0) is 21.0. The van der Waals surface area contributed by atoms with Crippen molar-refractivity contribution in [2.24, 2.45) is 0 Å². The third-order valence-corrected chi connectivity index (χ3v) is 7.47. The smallest absolute Gasteiger partial charge is 0.265 e. The van der Waals surface area contributed by atoms with Gasteiger partial charge in [-0.2, -0.15) is 0 Å². The van der Waals surface area contributed by atoms with Crippen LogP contribution < -0.4 is 10.6 Å². The lowest BCUT2D eigenvalue weighted by Gasteiger charge is -2.42. The van der Waals surface area contributed by atoms with Gasteiger partial charge >= 0.3 is 0 Å². The summed E-state index contributed by atoms with van der Waals surface area (Å²) < 4.78 is 0. The van der Waals surface area contributed by atoms with E-state index in [4.69, 9.17) is 16.6 Å². The van der Waals surface area contributed by atoms with E-state index in [9.17, 15) is 9.59 Å². The summed E-state index contributed by atoms with van der Waals surface area (Å²) in [5.41, 5.74) is 3.37. The third kappa shape index (κ3) is 3.01. The first kappa shape index (κ1) is 19.5. The fourth-order valence-corrected chi connectivity index (χ4v) is 6.02. The van der Waals surface area contributed by atoms with Gasteiger partial charge in [-0.15, -0.1) is 11.3 Å². The number of anilines is 1. The van der Waals surface area contributed by atoms with Crippen molar-refractivity contribution >= 4 is 50.5 Å². The van der Waals surface area contributed by atoms with Gasteiger partial charge < -0.3 is 10.6 Å². The van der Waals surface area contributed by atoms with Gasteiger partial charge in [0.15, 0.2) is 5.78 Å². The lowest BCUT2D eigenvalue weighted by Crippen LogP contribution is -2.58. The van der Waals surface area contributed by atoms with E-state index >= 15 is 0 Å². The van der Waals surface area contributed by atoms with E-state index in [0.29, 0.717) is 21.2 Å². The Labute approximate surface area is 183 Å². The van der Waals surface area contributed by atoms with Gasteiger partial charge in [0.05, 0.1) is 11.4 Å². The lowest BCUT2D eigenvalue weighted by molar-refractivity contribution is 0.0881. The lowest BCUT2D eigenvalue weighted by atomic mass is 9.86. The second-order valence-electron chi connectivity index (χ2n) is 8.22. The Hall–Kier alpha value is -2.44. The Bertz CT molecular complexity index is 1190. The summed E-state index contributed by atoms with van der Waals surface area (Å²) in [6, 6.07) is 7.49. The van der Waals surface area contributed by atoms with E-state index in [-0.39, 0.29) is 11.7 Å². The fourth-order valence-electron chi connectivity index (χ4n) is 4.81. The second kappa shape index (κ2) is 7.06. The summed E-state index contributed by atoms with van der Waals surface area (Å²) in [7, 11) is 0. The largest absolute Gasteiger partial charge is 0.361 e. The van der Waals surface area contributed by atoms with Crippen LogP contribution in [0.25, 0.3) is 21.3 Å². The summed E-state index contributed by atoms with van der Waals surface area (Å²) in [5.74, 6) is -0.0998. The Morgan fingerprint density at radius 2 is 1.83 bits per heavy atom. The van der Waals surface area contributed by atoms with Gasteiger partial charge in [0, 0.05) is 21.5 Å². The second-order valence-corrected chi connectivity index (χ2v) is 9.65. The molecule has 0 bridgehead atoms.